The Hall–Kier alpha value is -2.38. The molecule has 1 unspecified atom stereocenters. The first-order valence-electron chi connectivity index (χ1n) is 11.3. The zero-order valence-corrected chi connectivity index (χ0v) is 19.6. The van der Waals surface area contributed by atoms with Gasteiger partial charge < -0.3 is 20.1 Å². The molecule has 0 spiro atoms. The summed E-state index contributed by atoms with van der Waals surface area (Å²) in [6, 6.07) is 6.62. The van der Waals surface area contributed by atoms with Crippen LogP contribution in [0.15, 0.2) is 30.6 Å². The number of rotatable bonds is 8. The molecule has 1 aliphatic heterocycles. The second kappa shape index (κ2) is 9.83. The number of carbonyl (C=O) groups excluding carboxylic acids is 1. The van der Waals surface area contributed by atoms with Gasteiger partial charge in [-0.05, 0) is 44.0 Å². The standard InChI is InChI=1S/C24H33N5OS/c1-4-5-6-19(14-18-15-25-21-13-17(2)7-8-20(18)21)27-23(30)22-16-26-24(31-22)29-11-9-28(3)10-12-29/h7-8,13,15-16,19,25H,4-6,9-12,14H2,1-3H3,(H,27,30). The number of hydrogen-bond acceptors (Lipinski definition) is 5. The Morgan fingerprint density at radius 3 is 2.87 bits per heavy atom. The molecule has 4 rings (SSSR count). The van der Waals surface area contributed by atoms with Gasteiger partial charge in [-0.3, -0.25) is 4.79 Å². The molecule has 2 aromatic heterocycles. The maximum absolute atomic E-state index is 13.0. The van der Waals surface area contributed by atoms with E-state index in [2.05, 4.69) is 70.4 Å². The van der Waals surface area contributed by atoms with E-state index < -0.39 is 0 Å². The van der Waals surface area contributed by atoms with Crippen molar-refractivity contribution in [2.45, 2.75) is 45.6 Å². The van der Waals surface area contributed by atoms with Gasteiger partial charge in [0.2, 0.25) is 0 Å². The molecule has 1 aliphatic rings. The van der Waals surface area contributed by atoms with Gasteiger partial charge in [0.15, 0.2) is 5.13 Å². The molecule has 1 atom stereocenters. The number of hydrogen-bond donors (Lipinski definition) is 2. The number of likely N-dealkylation sites (N-methyl/N-ethyl adjacent to an activating group) is 1. The van der Waals surface area contributed by atoms with Crippen molar-refractivity contribution in [1.82, 2.24) is 20.2 Å². The maximum Gasteiger partial charge on any atom is 0.263 e. The number of anilines is 1. The van der Waals surface area contributed by atoms with Crippen molar-refractivity contribution in [1.29, 1.82) is 0 Å². The first kappa shape index (κ1) is 21.8. The molecule has 3 heterocycles. The lowest BCUT2D eigenvalue weighted by Crippen LogP contribution is -2.44. The highest BCUT2D eigenvalue weighted by molar-refractivity contribution is 7.17. The molecule has 0 radical (unpaired) electrons. The lowest BCUT2D eigenvalue weighted by atomic mass is 10.00. The van der Waals surface area contributed by atoms with Crippen molar-refractivity contribution in [2.24, 2.45) is 0 Å². The van der Waals surface area contributed by atoms with Gasteiger partial charge in [-0.2, -0.15) is 0 Å². The summed E-state index contributed by atoms with van der Waals surface area (Å²) in [7, 11) is 2.14. The number of aryl methyl sites for hydroxylation is 1. The van der Waals surface area contributed by atoms with Crippen LogP contribution in [0.5, 0.6) is 0 Å². The van der Waals surface area contributed by atoms with Gasteiger partial charge in [-0.1, -0.05) is 43.2 Å². The molecular weight excluding hydrogens is 406 g/mol. The number of piperazine rings is 1. The molecule has 1 fully saturated rings. The molecule has 1 saturated heterocycles. The predicted octanol–water partition coefficient (Wildman–Crippen LogP) is 4.22. The van der Waals surface area contributed by atoms with Gasteiger partial charge in [-0.25, -0.2) is 4.98 Å². The number of nitrogens with zero attached hydrogens (tertiary/aromatic N) is 3. The molecule has 1 amide bonds. The Morgan fingerprint density at radius 1 is 1.29 bits per heavy atom. The number of amides is 1. The molecule has 166 valence electrons. The van der Waals surface area contributed by atoms with Crippen LogP contribution in [-0.2, 0) is 6.42 Å². The molecule has 6 nitrogen and oxygen atoms in total. The molecule has 0 bridgehead atoms. The van der Waals surface area contributed by atoms with E-state index in [4.69, 9.17) is 0 Å². The first-order chi connectivity index (χ1) is 15.0. The third kappa shape index (κ3) is 5.28. The highest BCUT2D eigenvalue weighted by Gasteiger charge is 2.21. The average molecular weight is 440 g/mol. The molecular formula is C24H33N5OS. The fourth-order valence-electron chi connectivity index (χ4n) is 4.18. The van der Waals surface area contributed by atoms with Crippen molar-refractivity contribution in [3.8, 4) is 0 Å². The zero-order valence-electron chi connectivity index (χ0n) is 18.8. The van der Waals surface area contributed by atoms with Gasteiger partial charge in [0.25, 0.3) is 5.91 Å². The van der Waals surface area contributed by atoms with E-state index in [0.29, 0.717) is 4.88 Å². The second-order valence-electron chi connectivity index (χ2n) is 8.68. The van der Waals surface area contributed by atoms with E-state index >= 15 is 0 Å². The van der Waals surface area contributed by atoms with Crippen LogP contribution in [-0.4, -0.2) is 60.0 Å². The molecule has 3 aromatic rings. The number of fused-ring (bicyclic) bond motifs is 1. The van der Waals surface area contributed by atoms with Gasteiger partial charge in [0.1, 0.15) is 4.88 Å². The van der Waals surface area contributed by atoms with Crippen LogP contribution in [0.4, 0.5) is 5.13 Å². The second-order valence-corrected chi connectivity index (χ2v) is 9.69. The lowest BCUT2D eigenvalue weighted by molar-refractivity contribution is 0.0938. The summed E-state index contributed by atoms with van der Waals surface area (Å²) in [6.07, 6.45) is 7.85. The van der Waals surface area contributed by atoms with E-state index in [-0.39, 0.29) is 11.9 Å². The van der Waals surface area contributed by atoms with Crippen molar-refractivity contribution in [3.63, 3.8) is 0 Å². The fourth-order valence-corrected chi connectivity index (χ4v) is 5.05. The molecule has 2 N–H and O–H groups in total. The first-order valence-corrected chi connectivity index (χ1v) is 12.1. The lowest BCUT2D eigenvalue weighted by Gasteiger charge is -2.32. The maximum atomic E-state index is 13.0. The number of H-pyrrole nitrogens is 1. The summed E-state index contributed by atoms with van der Waals surface area (Å²) < 4.78 is 0. The van der Waals surface area contributed by atoms with Crippen LogP contribution >= 0.6 is 11.3 Å². The SMILES string of the molecule is CCCCC(Cc1c[nH]c2cc(C)ccc12)NC(=O)c1cnc(N2CCN(C)CC2)s1. The van der Waals surface area contributed by atoms with Crippen LogP contribution < -0.4 is 10.2 Å². The Labute approximate surface area is 188 Å². The van der Waals surface area contributed by atoms with E-state index in [9.17, 15) is 4.79 Å². The Morgan fingerprint density at radius 2 is 2.10 bits per heavy atom. The third-order valence-corrected chi connectivity index (χ3v) is 7.18. The summed E-state index contributed by atoms with van der Waals surface area (Å²) in [6.45, 7) is 8.29. The topological polar surface area (TPSA) is 64.3 Å². The summed E-state index contributed by atoms with van der Waals surface area (Å²) in [5.41, 5.74) is 3.67. The minimum absolute atomic E-state index is 0.00494. The van der Waals surface area contributed by atoms with E-state index in [1.165, 1.54) is 27.8 Å². The van der Waals surface area contributed by atoms with Gasteiger partial charge in [0, 0.05) is 49.3 Å². The Balaban J connectivity index is 1.44. The van der Waals surface area contributed by atoms with E-state index in [0.717, 1.165) is 62.5 Å². The quantitative estimate of drug-likeness (QED) is 0.552. The highest BCUT2D eigenvalue weighted by Crippen LogP contribution is 2.25. The van der Waals surface area contributed by atoms with Crippen LogP contribution in [0.3, 0.4) is 0 Å². The summed E-state index contributed by atoms with van der Waals surface area (Å²) in [4.78, 5) is 26.3. The molecule has 1 aromatic carbocycles. The monoisotopic (exact) mass is 439 g/mol. The van der Waals surface area contributed by atoms with Gasteiger partial charge >= 0.3 is 0 Å². The number of nitrogens with one attached hydrogen (secondary N) is 2. The van der Waals surface area contributed by atoms with Crippen LogP contribution in [0.1, 0.15) is 47.0 Å². The summed E-state index contributed by atoms with van der Waals surface area (Å²) in [5.74, 6) is -0.00494. The Bertz CT molecular complexity index is 1020. The van der Waals surface area contributed by atoms with Crippen molar-refractivity contribution in [2.75, 3.05) is 38.1 Å². The van der Waals surface area contributed by atoms with E-state index in [1.54, 1.807) is 6.20 Å². The number of carbonyl (C=O) groups is 1. The minimum atomic E-state index is -0.00494. The molecule has 0 aliphatic carbocycles. The largest absolute Gasteiger partial charge is 0.361 e. The van der Waals surface area contributed by atoms with Gasteiger partial charge in [-0.15, -0.1) is 0 Å². The molecule has 0 saturated carbocycles. The smallest absolute Gasteiger partial charge is 0.263 e. The van der Waals surface area contributed by atoms with Crippen molar-refractivity contribution in [3.05, 3.63) is 46.6 Å². The number of aromatic nitrogens is 2. The number of unbranched alkanes of at least 4 members (excludes halogenated alkanes) is 1. The number of aromatic amines is 1. The zero-order chi connectivity index (χ0) is 21.8. The fraction of sp³-hybridized carbons (Fsp3) is 0.500. The minimum Gasteiger partial charge on any atom is -0.361 e. The van der Waals surface area contributed by atoms with Crippen molar-refractivity contribution >= 4 is 33.3 Å². The van der Waals surface area contributed by atoms with Crippen LogP contribution in [0.25, 0.3) is 10.9 Å². The number of thiazole rings is 1. The molecule has 7 heteroatoms. The Kier molecular flexibility index (Phi) is 6.92. The van der Waals surface area contributed by atoms with Gasteiger partial charge in [0.05, 0.1) is 6.20 Å². The normalized spacial score (nSPS) is 16.0. The highest BCUT2D eigenvalue weighted by atomic mass is 32.1. The molecule has 31 heavy (non-hydrogen) atoms. The van der Waals surface area contributed by atoms with Crippen LogP contribution in [0, 0.1) is 6.92 Å². The number of benzene rings is 1. The van der Waals surface area contributed by atoms with E-state index in [1.807, 2.05) is 0 Å². The summed E-state index contributed by atoms with van der Waals surface area (Å²) >= 11 is 1.50. The van der Waals surface area contributed by atoms with Crippen molar-refractivity contribution < 1.29 is 4.79 Å². The predicted molar refractivity (Wildman–Crippen MR) is 129 cm³/mol. The van der Waals surface area contributed by atoms with Crippen LogP contribution in [0.2, 0.25) is 0 Å². The summed E-state index contributed by atoms with van der Waals surface area (Å²) in [5, 5.41) is 5.50. The third-order valence-electron chi connectivity index (χ3n) is 6.12. The average Bonchev–Trinajstić information content (AvgIpc) is 3.40.